The van der Waals surface area contributed by atoms with Crippen molar-refractivity contribution >= 4 is 41.7 Å². The molecule has 3 radical (unpaired) electrons. The summed E-state index contributed by atoms with van der Waals surface area (Å²) in [7, 11) is -6.56. The van der Waals surface area contributed by atoms with Crippen LogP contribution in [0.15, 0.2) is 42.5 Å². The molecule has 0 aliphatic heterocycles. The van der Waals surface area contributed by atoms with Crippen LogP contribution in [-0.2, 0) is 26.5 Å². The Kier molecular flexibility index (Phi) is 23.7. The number of phenolic OH excluding ortho intramolecular Hbond substituents is 1. The number of aryl methyl sites for hydroxylation is 2. The molecule has 0 aromatic heterocycles. The van der Waals surface area contributed by atoms with Gasteiger partial charge in [0.15, 0.2) is 33.3 Å². The summed E-state index contributed by atoms with van der Waals surface area (Å²) in [5, 5.41) is 10.8. The first kappa shape index (κ1) is 51.4. The Morgan fingerprint density at radius 1 is 0.604 bits per heavy atom. The van der Waals surface area contributed by atoms with Crippen LogP contribution in [0.5, 0.6) is 5.75 Å². The van der Waals surface area contributed by atoms with Crippen LogP contribution in [0, 0.1) is 0 Å². The third kappa shape index (κ3) is 17.8. The summed E-state index contributed by atoms with van der Waals surface area (Å²) in [6.45, 7) is 28.4. The van der Waals surface area contributed by atoms with Crippen molar-refractivity contribution in [3.05, 3.63) is 64.7 Å². The third-order valence-corrected chi connectivity index (χ3v) is 24.4. The first-order valence-corrected chi connectivity index (χ1v) is 30.1. The summed E-state index contributed by atoms with van der Waals surface area (Å²) in [5.41, 5.74) is 4.95. The van der Waals surface area contributed by atoms with E-state index in [0.717, 1.165) is 30.9 Å². The second-order valence-corrected chi connectivity index (χ2v) is 34.0. The number of hydrogen-bond donors (Lipinski definition) is 1. The van der Waals surface area contributed by atoms with Crippen molar-refractivity contribution in [2.75, 3.05) is 0 Å². The fourth-order valence-corrected chi connectivity index (χ4v) is 24.9. The highest BCUT2D eigenvalue weighted by Gasteiger charge is 2.33. The monoisotopic (exact) mass is 734 g/mol. The maximum absolute atomic E-state index is 10.8. The number of hydrogen-bond acceptors (Lipinski definition) is 3. The Morgan fingerprint density at radius 2 is 1.02 bits per heavy atom. The molecule has 48 heavy (non-hydrogen) atoms. The van der Waals surface area contributed by atoms with Gasteiger partial charge in [0.25, 0.3) is 0 Å². The third-order valence-electron chi connectivity index (χ3n) is 9.29. The van der Waals surface area contributed by atoms with Crippen LogP contribution >= 0.6 is 0 Å². The van der Waals surface area contributed by atoms with E-state index in [4.69, 9.17) is 8.23 Å². The summed E-state index contributed by atoms with van der Waals surface area (Å²) in [5.74, 6) is 0.422. The smallest absolute Gasteiger partial charge is 0.173 e. The van der Waals surface area contributed by atoms with Gasteiger partial charge in [0, 0.05) is 13.8 Å². The van der Waals surface area contributed by atoms with Crippen LogP contribution < -0.4 is 0 Å². The van der Waals surface area contributed by atoms with Gasteiger partial charge in [-0.05, 0) is 131 Å². The summed E-state index contributed by atoms with van der Waals surface area (Å²) in [6, 6.07) is 20.4. The molecule has 0 amide bonds. The molecule has 0 saturated carbocycles. The zero-order valence-electron chi connectivity index (χ0n) is 31.9. The molecule has 0 aliphatic rings. The summed E-state index contributed by atoms with van der Waals surface area (Å²) < 4.78 is 13.7. The Bertz CT molecular complexity index is 1170. The van der Waals surface area contributed by atoms with Crippen LogP contribution in [0.4, 0.5) is 0 Å². The second kappa shape index (κ2) is 22.1. The van der Waals surface area contributed by atoms with Crippen molar-refractivity contribution in [1.82, 2.24) is 0 Å². The minimum atomic E-state index is -1.73. The predicted octanol–water partition coefficient (Wildman–Crippen LogP) is 12.1. The molecule has 0 saturated heterocycles. The van der Waals surface area contributed by atoms with E-state index in [2.05, 4.69) is 116 Å². The number of aromatic hydroxyl groups is 1. The number of rotatable bonds is 20. The van der Waals surface area contributed by atoms with Crippen molar-refractivity contribution in [3.8, 4) is 5.75 Å². The van der Waals surface area contributed by atoms with Crippen molar-refractivity contribution in [2.24, 2.45) is 0 Å². The van der Waals surface area contributed by atoms with E-state index < -0.39 is 33.3 Å². The van der Waals surface area contributed by atoms with Crippen LogP contribution in [0.2, 0.25) is 76.6 Å². The Labute approximate surface area is 305 Å². The van der Waals surface area contributed by atoms with Gasteiger partial charge < -0.3 is 18.8 Å². The first-order chi connectivity index (χ1) is 20.3. The number of phenols is 1. The van der Waals surface area contributed by atoms with Crippen molar-refractivity contribution in [3.63, 3.8) is 0 Å². The molecule has 0 heterocycles. The molecule has 0 spiro atoms. The molecule has 0 atom stereocenters. The molecule has 277 valence electrons. The lowest BCUT2D eigenvalue weighted by Crippen LogP contribution is -2.44. The second-order valence-electron chi connectivity index (χ2n) is 16.3. The topological polar surface area (TPSA) is 70.2 Å². The first-order valence-electron chi connectivity index (χ1n) is 17.6. The minimum Gasteiger partial charge on any atom is -0.508 e. The SMILES string of the molecule is C.C.CCCC[Si](C)(C)O[Si](C)(C)CCCc1cccc(C(C)(C)c2ccc(O)c(CCC[Si](C)(C)O[Si](C)(C)CCCC)c2)c1.O.[B]. The van der Waals surface area contributed by atoms with Gasteiger partial charge in [-0.25, -0.2) is 0 Å². The van der Waals surface area contributed by atoms with E-state index in [1.165, 1.54) is 66.9 Å². The quantitative estimate of drug-likeness (QED) is 0.138. The lowest BCUT2D eigenvalue weighted by molar-refractivity contribution is 0.465. The van der Waals surface area contributed by atoms with E-state index in [-0.39, 0.29) is 34.2 Å². The van der Waals surface area contributed by atoms with E-state index in [1.54, 1.807) is 0 Å². The van der Waals surface area contributed by atoms with Gasteiger partial charge in [0.1, 0.15) is 5.75 Å². The van der Waals surface area contributed by atoms with Crippen molar-refractivity contribution in [1.29, 1.82) is 0 Å². The standard InChI is InChI=1S/C37H68O3Si4.2CH4.B.H2O/c1-13-15-26-41(5,6)39-43(9,10)28-18-21-32-20-17-23-34(30-32)37(3,4)35-24-25-36(38)33(31-35)22-19-29-44(11,12)40-42(7,8)27-16-14-2;;;;/h17,20,23-25,30-31,38H,13-16,18-19,21-22,26-29H2,1-12H3;2*1H4;;1H2. The van der Waals surface area contributed by atoms with E-state index in [1.807, 2.05) is 6.07 Å². The molecule has 0 unspecified atom stereocenters. The summed E-state index contributed by atoms with van der Waals surface area (Å²) >= 11 is 0. The molecular weight excluding hydrogens is 656 g/mol. The van der Waals surface area contributed by atoms with Crippen molar-refractivity contribution in [2.45, 2.75) is 176 Å². The molecule has 3 N–H and O–H groups in total. The van der Waals surface area contributed by atoms with Crippen molar-refractivity contribution < 1.29 is 18.8 Å². The maximum atomic E-state index is 10.8. The van der Waals surface area contributed by atoms with E-state index in [9.17, 15) is 5.11 Å². The molecule has 2 rings (SSSR count). The van der Waals surface area contributed by atoms with Crippen LogP contribution in [0.25, 0.3) is 0 Å². The van der Waals surface area contributed by atoms with Crippen LogP contribution in [0.3, 0.4) is 0 Å². The number of unbranched alkanes of at least 4 members (excludes halogenated alkanes) is 2. The fourth-order valence-electron chi connectivity index (χ4n) is 6.78. The van der Waals surface area contributed by atoms with Gasteiger partial charge in [-0.2, -0.15) is 0 Å². The zero-order valence-corrected chi connectivity index (χ0v) is 35.9. The lowest BCUT2D eigenvalue weighted by atomic mass is 9.77. The van der Waals surface area contributed by atoms with E-state index in [0.29, 0.717) is 5.75 Å². The summed E-state index contributed by atoms with van der Waals surface area (Å²) in [4.78, 5) is 0. The van der Waals surface area contributed by atoms with Gasteiger partial charge in [-0.15, -0.1) is 0 Å². The Hall–Kier alpha value is -0.948. The molecule has 0 fully saturated rings. The highest BCUT2D eigenvalue weighted by molar-refractivity contribution is 6.85. The molecule has 9 heteroatoms. The maximum Gasteiger partial charge on any atom is 0.173 e. The molecule has 0 bridgehead atoms. The largest absolute Gasteiger partial charge is 0.508 e. The molecule has 4 nitrogen and oxygen atoms in total. The van der Waals surface area contributed by atoms with Gasteiger partial charge >= 0.3 is 0 Å². The molecule has 0 aliphatic carbocycles. The average molecular weight is 734 g/mol. The molecule has 2 aromatic carbocycles. The molecular formula is C39H78BO4Si4. The Balaban J connectivity index is -0.00000506. The van der Waals surface area contributed by atoms with Crippen LogP contribution in [0.1, 0.15) is 103 Å². The minimum absolute atomic E-state index is 0. The lowest BCUT2D eigenvalue weighted by Gasteiger charge is -2.34. The van der Waals surface area contributed by atoms with Crippen LogP contribution in [-0.4, -0.2) is 52.3 Å². The zero-order chi connectivity index (χ0) is 33.2. The summed E-state index contributed by atoms with van der Waals surface area (Å²) in [6.07, 6.45) is 9.31. The van der Waals surface area contributed by atoms with Gasteiger partial charge in [0.2, 0.25) is 0 Å². The van der Waals surface area contributed by atoms with Gasteiger partial charge in [-0.1, -0.05) is 105 Å². The number of benzene rings is 2. The van der Waals surface area contributed by atoms with Gasteiger partial charge in [-0.3, -0.25) is 0 Å². The average Bonchev–Trinajstić information content (AvgIpc) is 2.90. The van der Waals surface area contributed by atoms with E-state index >= 15 is 0 Å². The normalized spacial score (nSPS) is 12.3. The Morgan fingerprint density at radius 3 is 1.48 bits per heavy atom. The van der Waals surface area contributed by atoms with Gasteiger partial charge in [0.05, 0.1) is 0 Å². The predicted molar refractivity (Wildman–Crippen MR) is 227 cm³/mol. The molecule has 2 aromatic rings. The highest BCUT2D eigenvalue weighted by atomic mass is 28.4. The fraction of sp³-hybridized carbons (Fsp3) is 0.692. The highest BCUT2D eigenvalue weighted by Crippen LogP contribution is 2.36.